The predicted molar refractivity (Wildman–Crippen MR) is 190 cm³/mol. The highest BCUT2D eigenvalue weighted by atomic mass is 16.3. The van der Waals surface area contributed by atoms with Gasteiger partial charge in [0.25, 0.3) is 0 Å². The number of aliphatic hydroxyl groups is 1. The first-order chi connectivity index (χ1) is 19.9. The SMILES string of the molecule is CC(=O)CCC(C(C)C)C1CCC(C)C1.CC(=O)CCC(CCC(C)C)C(C)C.CC(C)CCC(CCC(C)O)C(C)C. The van der Waals surface area contributed by atoms with Crippen LogP contribution in [0.15, 0.2) is 0 Å². The van der Waals surface area contributed by atoms with Gasteiger partial charge in [0, 0.05) is 12.8 Å². The lowest BCUT2D eigenvalue weighted by Crippen LogP contribution is -2.19. The normalized spacial score (nSPS) is 19.6. The molecule has 1 aliphatic rings. The standard InChI is InChI=1S/C14H26O.C13H28O.C13H26O/c1-10(2)14(8-6-12(4)15)13-7-5-11(3)9-13;2*1-10(2)6-8-13(11(3)4)9-7-12(5)14/h10-11,13-14H,5-9H2,1-4H3;10-14H,6-9H2,1-5H3;10-11,13H,6-9H2,1-5H3. The van der Waals surface area contributed by atoms with Crippen molar-refractivity contribution in [1.82, 2.24) is 0 Å². The van der Waals surface area contributed by atoms with Gasteiger partial charge in [-0.1, -0.05) is 95.4 Å². The Bertz CT molecular complexity index is 663. The maximum absolute atomic E-state index is 11.1. The number of hydrogen-bond acceptors (Lipinski definition) is 3. The fourth-order valence-electron chi connectivity index (χ4n) is 6.68. The molecule has 0 heterocycles. The van der Waals surface area contributed by atoms with Gasteiger partial charge in [0.2, 0.25) is 0 Å². The largest absolute Gasteiger partial charge is 0.393 e. The molecule has 6 atom stereocenters. The van der Waals surface area contributed by atoms with Gasteiger partial charge in [0.15, 0.2) is 0 Å². The fourth-order valence-corrected chi connectivity index (χ4v) is 6.68. The molecule has 3 nitrogen and oxygen atoms in total. The summed E-state index contributed by atoms with van der Waals surface area (Å²) in [5.74, 6) is 8.60. The Morgan fingerprint density at radius 3 is 1.33 bits per heavy atom. The third-order valence-corrected chi connectivity index (χ3v) is 9.96. The molecule has 0 radical (unpaired) electrons. The van der Waals surface area contributed by atoms with Crippen molar-refractivity contribution in [3.05, 3.63) is 0 Å². The summed E-state index contributed by atoms with van der Waals surface area (Å²) in [5.41, 5.74) is 0. The van der Waals surface area contributed by atoms with Gasteiger partial charge < -0.3 is 14.7 Å². The number of carbonyl (C=O) groups excluding carboxylic acids is 2. The van der Waals surface area contributed by atoms with Crippen LogP contribution in [0.4, 0.5) is 0 Å². The Morgan fingerprint density at radius 1 is 0.581 bits per heavy atom. The summed E-state index contributed by atoms with van der Waals surface area (Å²) in [6.45, 7) is 30.5. The summed E-state index contributed by atoms with van der Waals surface area (Å²) in [7, 11) is 0. The first-order valence-electron chi connectivity index (χ1n) is 18.5. The molecule has 0 aromatic rings. The van der Waals surface area contributed by atoms with Crippen molar-refractivity contribution in [2.24, 2.45) is 59.2 Å². The smallest absolute Gasteiger partial charge is 0.129 e. The minimum atomic E-state index is -0.129. The van der Waals surface area contributed by atoms with Crippen LogP contribution in [0.1, 0.15) is 180 Å². The Balaban J connectivity index is 0. The van der Waals surface area contributed by atoms with E-state index < -0.39 is 0 Å². The molecule has 0 amide bonds. The van der Waals surface area contributed by atoms with Gasteiger partial charge in [0.1, 0.15) is 11.6 Å². The van der Waals surface area contributed by atoms with Crippen molar-refractivity contribution < 1.29 is 14.7 Å². The van der Waals surface area contributed by atoms with Gasteiger partial charge in [-0.05, 0) is 131 Å². The second kappa shape index (κ2) is 25.5. The van der Waals surface area contributed by atoms with E-state index >= 15 is 0 Å². The van der Waals surface area contributed by atoms with Crippen LogP contribution in [-0.4, -0.2) is 22.8 Å². The van der Waals surface area contributed by atoms with Crippen molar-refractivity contribution in [1.29, 1.82) is 0 Å². The molecule has 0 aliphatic heterocycles. The summed E-state index contributed by atoms with van der Waals surface area (Å²) in [5, 5.41) is 9.26. The number of hydrogen-bond donors (Lipinski definition) is 1. The van der Waals surface area contributed by atoms with Crippen LogP contribution >= 0.6 is 0 Å². The lowest BCUT2D eigenvalue weighted by molar-refractivity contribution is -0.118. The van der Waals surface area contributed by atoms with Gasteiger partial charge in [0.05, 0.1) is 6.10 Å². The zero-order valence-electron chi connectivity index (χ0n) is 31.8. The zero-order chi connectivity index (χ0) is 33.7. The van der Waals surface area contributed by atoms with Crippen molar-refractivity contribution >= 4 is 11.6 Å². The topological polar surface area (TPSA) is 54.4 Å². The molecule has 0 aromatic heterocycles. The molecule has 6 unspecified atom stereocenters. The molecule has 1 fully saturated rings. The predicted octanol–water partition coefficient (Wildman–Crippen LogP) is 12.0. The van der Waals surface area contributed by atoms with Crippen molar-refractivity contribution in [2.45, 2.75) is 187 Å². The molecule has 0 spiro atoms. The van der Waals surface area contributed by atoms with Gasteiger partial charge >= 0.3 is 0 Å². The van der Waals surface area contributed by atoms with Gasteiger partial charge in [-0.25, -0.2) is 0 Å². The third-order valence-electron chi connectivity index (χ3n) is 9.96. The van der Waals surface area contributed by atoms with Gasteiger partial charge in [-0.15, -0.1) is 0 Å². The Kier molecular flexibility index (Phi) is 26.3. The lowest BCUT2D eigenvalue weighted by atomic mass is 9.78. The molecule has 1 N–H and O–H groups in total. The Hall–Kier alpha value is -0.700. The van der Waals surface area contributed by atoms with E-state index in [2.05, 4.69) is 76.2 Å². The minimum Gasteiger partial charge on any atom is -0.393 e. The summed E-state index contributed by atoms with van der Waals surface area (Å²) in [6, 6.07) is 0. The second-order valence-electron chi connectivity index (χ2n) is 16.4. The van der Waals surface area contributed by atoms with Crippen LogP contribution in [0.25, 0.3) is 0 Å². The molecule has 1 aliphatic carbocycles. The molecule has 0 saturated heterocycles. The van der Waals surface area contributed by atoms with E-state index in [1.807, 2.05) is 6.92 Å². The van der Waals surface area contributed by atoms with Crippen molar-refractivity contribution in [3.8, 4) is 0 Å². The third kappa shape index (κ3) is 26.2. The van der Waals surface area contributed by atoms with Crippen molar-refractivity contribution in [2.75, 3.05) is 0 Å². The summed E-state index contributed by atoms with van der Waals surface area (Å²) in [4.78, 5) is 22.0. The van der Waals surface area contributed by atoms with Crippen LogP contribution in [0, 0.1) is 59.2 Å². The first kappa shape index (κ1) is 44.4. The number of rotatable bonds is 19. The zero-order valence-corrected chi connectivity index (χ0v) is 31.8. The maximum atomic E-state index is 11.1. The quantitative estimate of drug-likeness (QED) is 0.159. The van der Waals surface area contributed by atoms with Crippen LogP contribution in [0.5, 0.6) is 0 Å². The summed E-state index contributed by atoms with van der Waals surface area (Å²) < 4.78 is 0. The average molecular weight is 609 g/mol. The molecular weight excluding hydrogens is 528 g/mol. The highest BCUT2D eigenvalue weighted by Gasteiger charge is 2.30. The molecule has 43 heavy (non-hydrogen) atoms. The van der Waals surface area contributed by atoms with Crippen LogP contribution in [-0.2, 0) is 9.59 Å². The van der Waals surface area contributed by atoms with E-state index in [1.54, 1.807) is 13.8 Å². The van der Waals surface area contributed by atoms with E-state index in [0.717, 1.165) is 85.4 Å². The molecule has 1 saturated carbocycles. The number of ketones is 2. The Labute approximate surface area is 271 Å². The first-order valence-corrected chi connectivity index (χ1v) is 18.5. The fraction of sp³-hybridized carbons (Fsp3) is 0.950. The summed E-state index contributed by atoms with van der Waals surface area (Å²) in [6.07, 6.45) is 15.2. The van der Waals surface area contributed by atoms with Crippen LogP contribution in [0.3, 0.4) is 0 Å². The van der Waals surface area contributed by atoms with Gasteiger partial charge in [-0.3, -0.25) is 0 Å². The van der Waals surface area contributed by atoms with E-state index in [9.17, 15) is 14.7 Å². The molecule has 0 aromatic carbocycles. The Morgan fingerprint density at radius 2 is 1.00 bits per heavy atom. The van der Waals surface area contributed by atoms with E-state index in [4.69, 9.17) is 0 Å². The van der Waals surface area contributed by atoms with E-state index in [-0.39, 0.29) is 6.10 Å². The highest BCUT2D eigenvalue weighted by molar-refractivity contribution is 5.75. The molecule has 3 heteroatoms. The molecule has 1 rings (SSSR count). The van der Waals surface area contributed by atoms with Crippen LogP contribution < -0.4 is 0 Å². The van der Waals surface area contributed by atoms with Crippen LogP contribution in [0.2, 0.25) is 0 Å². The average Bonchev–Trinajstić information content (AvgIpc) is 3.29. The number of carbonyl (C=O) groups is 2. The van der Waals surface area contributed by atoms with E-state index in [0.29, 0.717) is 17.5 Å². The highest BCUT2D eigenvalue weighted by Crippen LogP contribution is 2.40. The summed E-state index contributed by atoms with van der Waals surface area (Å²) >= 11 is 0. The monoisotopic (exact) mass is 609 g/mol. The lowest BCUT2D eigenvalue weighted by Gasteiger charge is -2.27. The molecular formula is C40H80O3. The molecule has 0 bridgehead atoms. The number of aliphatic hydroxyl groups excluding tert-OH is 1. The van der Waals surface area contributed by atoms with Crippen molar-refractivity contribution in [3.63, 3.8) is 0 Å². The second-order valence-corrected chi connectivity index (χ2v) is 16.4. The number of Topliss-reactive ketones (excluding diaryl/α,β-unsaturated/α-hetero) is 2. The minimum absolute atomic E-state index is 0.129. The maximum Gasteiger partial charge on any atom is 0.129 e. The molecule has 258 valence electrons. The van der Waals surface area contributed by atoms with Gasteiger partial charge in [-0.2, -0.15) is 0 Å². The van der Waals surface area contributed by atoms with E-state index in [1.165, 1.54) is 51.4 Å².